The van der Waals surface area contributed by atoms with Gasteiger partial charge in [-0.15, -0.1) is 5.10 Å². The van der Waals surface area contributed by atoms with Crippen molar-refractivity contribution in [3.05, 3.63) is 36.4 Å². The molecule has 26 heavy (non-hydrogen) atoms. The Balaban J connectivity index is 1.43. The fourth-order valence-corrected chi connectivity index (χ4v) is 3.87. The lowest BCUT2D eigenvalue weighted by molar-refractivity contribution is -0.135. The Morgan fingerprint density at radius 2 is 1.96 bits per heavy atom. The van der Waals surface area contributed by atoms with Crippen LogP contribution in [0.15, 0.2) is 30.9 Å². The van der Waals surface area contributed by atoms with Crippen LogP contribution >= 0.6 is 0 Å². The van der Waals surface area contributed by atoms with Crippen LogP contribution in [-0.2, 0) is 11.3 Å². The maximum absolute atomic E-state index is 12.8. The van der Waals surface area contributed by atoms with E-state index in [4.69, 9.17) is 0 Å². The minimum absolute atomic E-state index is 0.0206. The Labute approximate surface area is 151 Å². The fraction of sp³-hybridized carbons (Fsp3) is 0.529. The summed E-state index contributed by atoms with van der Waals surface area (Å²) in [7, 11) is 0. The zero-order valence-electron chi connectivity index (χ0n) is 14.4. The third-order valence-electron chi connectivity index (χ3n) is 5.19. The number of tetrazole rings is 1. The van der Waals surface area contributed by atoms with Gasteiger partial charge in [0.25, 0.3) is 5.91 Å². The van der Waals surface area contributed by atoms with Crippen LogP contribution < -0.4 is 0 Å². The summed E-state index contributed by atoms with van der Waals surface area (Å²) >= 11 is 0. The molecule has 2 aromatic heterocycles. The summed E-state index contributed by atoms with van der Waals surface area (Å²) < 4.78 is 1.56. The van der Waals surface area contributed by atoms with E-state index in [2.05, 4.69) is 20.5 Å². The zero-order valence-corrected chi connectivity index (χ0v) is 14.4. The van der Waals surface area contributed by atoms with Crippen molar-refractivity contribution in [1.29, 1.82) is 0 Å². The Kier molecular flexibility index (Phi) is 4.59. The van der Waals surface area contributed by atoms with Crippen LogP contribution in [0, 0.1) is 5.92 Å². The Hall–Kier alpha value is -2.84. The highest BCUT2D eigenvalue weighted by atomic mass is 16.2. The normalized spacial score (nSPS) is 22.3. The molecule has 2 bridgehead atoms. The maximum atomic E-state index is 12.8. The molecule has 3 aliphatic rings. The van der Waals surface area contributed by atoms with Crippen LogP contribution in [0.25, 0.3) is 0 Å². The molecule has 2 aromatic rings. The summed E-state index contributed by atoms with van der Waals surface area (Å²) in [4.78, 5) is 33.3. The standard InChI is InChI=1S/C17H21N7O2/c25-16(5-8-23-12-19-20-21-23)24-10-13-1-2-15(24)11-22(9-13)17(26)14-3-6-18-7-4-14/h3-4,6-7,12-13,15H,1-2,5,8-11H2/t13-,15+/m1/s1. The fourth-order valence-electron chi connectivity index (χ4n) is 3.87. The van der Waals surface area contributed by atoms with Gasteiger partial charge in [0, 0.05) is 50.1 Å². The second-order valence-electron chi connectivity index (χ2n) is 6.91. The summed E-state index contributed by atoms with van der Waals surface area (Å²) in [6.45, 7) is 2.49. The van der Waals surface area contributed by atoms with E-state index in [1.807, 2.05) is 9.80 Å². The molecule has 5 heterocycles. The first-order valence-electron chi connectivity index (χ1n) is 8.90. The number of piperidine rings is 1. The number of hydrogen-bond donors (Lipinski definition) is 0. The third-order valence-corrected chi connectivity index (χ3v) is 5.19. The van der Waals surface area contributed by atoms with Crippen LogP contribution in [0.3, 0.4) is 0 Å². The minimum Gasteiger partial charge on any atom is -0.338 e. The van der Waals surface area contributed by atoms with E-state index in [9.17, 15) is 9.59 Å². The Morgan fingerprint density at radius 3 is 2.73 bits per heavy atom. The van der Waals surface area contributed by atoms with E-state index >= 15 is 0 Å². The highest BCUT2D eigenvalue weighted by molar-refractivity contribution is 5.94. The van der Waals surface area contributed by atoms with Gasteiger partial charge in [0.15, 0.2) is 0 Å². The first-order chi connectivity index (χ1) is 12.7. The van der Waals surface area contributed by atoms with E-state index in [0.29, 0.717) is 37.5 Å². The number of carbonyl (C=O) groups excluding carboxylic acids is 2. The molecule has 0 aromatic carbocycles. The largest absolute Gasteiger partial charge is 0.338 e. The van der Waals surface area contributed by atoms with Crippen molar-refractivity contribution in [2.45, 2.75) is 31.8 Å². The molecule has 2 atom stereocenters. The van der Waals surface area contributed by atoms with Gasteiger partial charge in [-0.2, -0.15) is 0 Å². The van der Waals surface area contributed by atoms with Gasteiger partial charge in [-0.1, -0.05) is 0 Å². The topological polar surface area (TPSA) is 97.1 Å². The highest BCUT2D eigenvalue weighted by Gasteiger charge is 2.38. The van der Waals surface area contributed by atoms with Gasteiger partial charge >= 0.3 is 0 Å². The number of hydrogen-bond acceptors (Lipinski definition) is 6. The molecule has 9 heteroatoms. The lowest BCUT2D eigenvalue weighted by Gasteiger charge is -2.36. The molecule has 3 fully saturated rings. The SMILES string of the molecule is O=C(c1ccncc1)N1C[C@H]2CC[C@@H](C1)N(C(=O)CCn1cnnn1)C2. The maximum Gasteiger partial charge on any atom is 0.254 e. The Morgan fingerprint density at radius 1 is 1.12 bits per heavy atom. The van der Waals surface area contributed by atoms with Crippen LogP contribution in [0.1, 0.15) is 29.6 Å². The number of aryl methyl sites for hydroxylation is 1. The van der Waals surface area contributed by atoms with Crippen molar-refractivity contribution >= 4 is 11.8 Å². The molecule has 9 nitrogen and oxygen atoms in total. The molecular formula is C17H21N7O2. The minimum atomic E-state index is 0.0206. The number of rotatable bonds is 4. The molecule has 3 saturated heterocycles. The number of fused-ring (bicyclic) bond motifs is 4. The van der Waals surface area contributed by atoms with Crippen molar-refractivity contribution < 1.29 is 9.59 Å². The lowest BCUT2D eigenvalue weighted by atomic mass is 9.94. The van der Waals surface area contributed by atoms with Gasteiger partial charge in [-0.25, -0.2) is 4.68 Å². The summed E-state index contributed by atoms with van der Waals surface area (Å²) in [5.74, 6) is 0.456. The lowest BCUT2D eigenvalue weighted by Crippen LogP contribution is -2.47. The van der Waals surface area contributed by atoms with Crippen molar-refractivity contribution in [1.82, 2.24) is 35.0 Å². The quantitative estimate of drug-likeness (QED) is 0.778. The number of carbonyl (C=O) groups is 2. The Bertz CT molecular complexity index is 765. The molecule has 0 spiro atoms. The molecule has 136 valence electrons. The molecule has 0 saturated carbocycles. The van der Waals surface area contributed by atoms with Crippen LogP contribution in [0.4, 0.5) is 0 Å². The molecule has 0 aliphatic carbocycles. The molecule has 0 radical (unpaired) electrons. The van der Waals surface area contributed by atoms with Gasteiger partial charge in [-0.05, 0) is 41.3 Å². The second kappa shape index (κ2) is 7.19. The van der Waals surface area contributed by atoms with Crippen LogP contribution in [0.5, 0.6) is 0 Å². The first kappa shape index (κ1) is 16.6. The number of nitrogens with zero attached hydrogens (tertiary/aromatic N) is 7. The zero-order chi connectivity index (χ0) is 17.9. The molecular weight excluding hydrogens is 334 g/mol. The molecule has 0 N–H and O–H groups in total. The average molecular weight is 355 g/mol. The monoisotopic (exact) mass is 355 g/mol. The molecule has 2 amide bonds. The van der Waals surface area contributed by atoms with Crippen molar-refractivity contribution in [3.63, 3.8) is 0 Å². The van der Waals surface area contributed by atoms with Gasteiger partial charge in [-0.3, -0.25) is 14.6 Å². The van der Waals surface area contributed by atoms with E-state index in [1.54, 1.807) is 29.2 Å². The van der Waals surface area contributed by atoms with Crippen molar-refractivity contribution in [2.24, 2.45) is 5.92 Å². The third kappa shape index (κ3) is 3.42. The van der Waals surface area contributed by atoms with Crippen molar-refractivity contribution in [3.8, 4) is 0 Å². The van der Waals surface area contributed by atoms with Crippen LogP contribution in [-0.4, -0.2) is 72.5 Å². The smallest absolute Gasteiger partial charge is 0.254 e. The average Bonchev–Trinajstić information content (AvgIpc) is 3.04. The number of amides is 2. The van der Waals surface area contributed by atoms with Crippen LogP contribution in [0.2, 0.25) is 0 Å². The predicted molar refractivity (Wildman–Crippen MR) is 90.8 cm³/mol. The van der Waals surface area contributed by atoms with E-state index in [1.165, 1.54) is 6.33 Å². The molecule has 5 rings (SSSR count). The van der Waals surface area contributed by atoms with E-state index in [-0.39, 0.29) is 17.9 Å². The van der Waals surface area contributed by atoms with Gasteiger partial charge in [0.05, 0.1) is 6.54 Å². The highest BCUT2D eigenvalue weighted by Crippen LogP contribution is 2.29. The summed E-state index contributed by atoms with van der Waals surface area (Å²) in [6.07, 6.45) is 7.15. The van der Waals surface area contributed by atoms with E-state index in [0.717, 1.165) is 19.4 Å². The van der Waals surface area contributed by atoms with Gasteiger partial charge < -0.3 is 9.80 Å². The second-order valence-corrected chi connectivity index (χ2v) is 6.91. The van der Waals surface area contributed by atoms with Crippen molar-refractivity contribution in [2.75, 3.05) is 19.6 Å². The predicted octanol–water partition coefficient (Wildman–Crippen LogP) is 0.221. The summed E-state index contributed by atoms with van der Waals surface area (Å²) in [5.41, 5.74) is 0.651. The van der Waals surface area contributed by atoms with Gasteiger partial charge in [0.2, 0.25) is 5.91 Å². The first-order valence-corrected chi connectivity index (χ1v) is 8.90. The number of pyridine rings is 1. The summed E-state index contributed by atoms with van der Waals surface area (Å²) in [5, 5.41) is 11.0. The molecule has 3 aliphatic heterocycles. The number of aromatic nitrogens is 5. The summed E-state index contributed by atoms with van der Waals surface area (Å²) in [6, 6.07) is 3.56. The van der Waals surface area contributed by atoms with Gasteiger partial charge in [0.1, 0.15) is 6.33 Å². The van der Waals surface area contributed by atoms with E-state index < -0.39 is 0 Å². The molecule has 0 unspecified atom stereocenters.